The molecule has 6 aromatic rings. The Morgan fingerprint density at radius 2 is 1.68 bits per heavy atom. The van der Waals surface area contributed by atoms with Gasteiger partial charge in [0.2, 0.25) is 0 Å². The predicted octanol–water partition coefficient (Wildman–Crippen LogP) is 5.91. The van der Waals surface area contributed by atoms with Crippen molar-refractivity contribution in [1.29, 1.82) is 0 Å². The van der Waals surface area contributed by atoms with Crippen molar-refractivity contribution in [2.45, 2.75) is 13.3 Å². The Morgan fingerprint density at radius 1 is 0.853 bits per heavy atom. The summed E-state index contributed by atoms with van der Waals surface area (Å²) in [7, 11) is 0. The van der Waals surface area contributed by atoms with Crippen molar-refractivity contribution in [2.24, 2.45) is 0 Å². The van der Waals surface area contributed by atoms with E-state index in [0.29, 0.717) is 22.5 Å². The maximum atomic E-state index is 13.8. The van der Waals surface area contributed by atoms with E-state index >= 15 is 0 Å². The van der Waals surface area contributed by atoms with Crippen LogP contribution in [0.25, 0.3) is 50.8 Å². The first-order valence-corrected chi connectivity index (χ1v) is 10.5. The summed E-state index contributed by atoms with van der Waals surface area (Å²) >= 11 is 0. The highest BCUT2D eigenvalue weighted by atomic mass is 19.3. The van der Waals surface area contributed by atoms with Crippen LogP contribution in [0.4, 0.5) is 8.78 Å². The zero-order chi connectivity index (χ0) is 23.2. The first-order chi connectivity index (χ1) is 16.6. The number of alkyl halides is 2. The first kappa shape index (κ1) is 20.1. The Morgan fingerprint density at radius 3 is 2.50 bits per heavy atom. The molecule has 0 unspecified atom stereocenters. The van der Waals surface area contributed by atoms with Gasteiger partial charge in [0.15, 0.2) is 5.65 Å². The molecular formula is C25H16F2N6O. The van der Waals surface area contributed by atoms with Crippen molar-refractivity contribution in [3.05, 3.63) is 84.2 Å². The van der Waals surface area contributed by atoms with Gasteiger partial charge in [-0.15, -0.1) is 10.2 Å². The number of nitrogens with zero attached hydrogens (tertiary/aromatic N) is 6. The lowest BCUT2D eigenvalue weighted by atomic mass is 10.1. The summed E-state index contributed by atoms with van der Waals surface area (Å²) in [5, 5.41) is 13.4. The number of fused-ring (bicyclic) bond motifs is 2. The zero-order valence-corrected chi connectivity index (χ0v) is 17.9. The summed E-state index contributed by atoms with van der Waals surface area (Å²) in [4.78, 5) is 9.18. The molecule has 2 aromatic carbocycles. The van der Waals surface area contributed by atoms with Crippen LogP contribution in [0.2, 0.25) is 0 Å². The smallest absolute Gasteiger partial charge is 0.280 e. The fourth-order valence-electron chi connectivity index (χ4n) is 3.85. The maximum Gasteiger partial charge on any atom is 0.280 e. The summed E-state index contributed by atoms with van der Waals surface area (Å²) in [6, 6.07) is 20.1. The molecule has 0 bridgehead atoms. The average Bonchev–Trinajstić information content (AvgIpc) is 3.51. The molecule has 0 N–H and O–H groups in total. The second kappa shape index (κ2) is 7.80. The molecule has 9 heteroatoms. The molecule has 4 aromatic heterocycles. The number of aromatic nitrogens is 6. The molecule has 0 saturated carbocycles. The van der Waals surface area contributed by atoms with Gasteiger partial charge in [0, 0.05) is 10.9 Å². The molecule has 0 fully saturated rings. The van der Waals surface area contributed by atoms with Gasteiger partial charge in [-0.2, -0.15) is 5.10 Å². The van der Waals surface area contributed by atoms with E-state index in [-0.39, 0.29) is 23.1 Å². The lowest BCUT2D eigenvalue weighted by molar-refractivity contribution is 0.143. The number of hydrogen-bond acceptors (Lipinski definition) is 6. The maximum absolute atomic E-state index is 13.8. The molecule has 0 saturated heterocycles. The van der Waals surface area contributed by atoms with Crippen LogP contribution < -0.4 is 0 Å². The lowest BCUT2D eigenvalue weighted by Gasteiger charge is -2.08. The highest BCUT2D eigenvalue weighted by molar-refractivity contribution is 5.81. The normalized spacial score (nSPS) is 11.6. The monoisotopic (exact) mass is 454 g/mol. The van der Waals surface area contributed by atoms with Crippen molar-refractivity contribution in [2.75, 3.05) is 0 Å². The highest BCUT2D eigenvalue weighted by Gasteiger charge is 2.22. The molecule has 0 atom stereocenters. The molecule has 0 radical (unpaired) electrons. The van der Waals surface area contributed by atoms with E-state index < -0.39 is 6.43 Å². The third kappa shape index (κ3) is 3.38. The van der Waals surface area contributed by atoms with Gasteiger partial charge < -0.3 is 4.42 Å². The van der Waals surface area contributed by atoms with Crippen LogP contribution in [-0.2, 0) is 0 Å². The second-order valence-corrected chi connectivity index (χ2v) is 7.83. The van der Waals surface area contributed by atoms with Crippen LogP contribution in [0, 0.1) is 6.92 Å². The van der Waals surface area contributed by atoms with Crippen molar-refractivity contribution in [3.63, 3.8) is 0 Å². The van der Waals surface area contributed by atoms with E-state index in [1.165, 1.54) is 12.3 Å². The number of rotatable bonds is 4. The number of halogens is 2. The minimum atomic E-state index is -2.75. The molecule has 0 amide bonds. The minimum Gasteiger partial charge on any atom is -0.414 e. The summed E-state index contributed by atoms with van der Waals surface area (Å²) in [6.07, 6.45) is -1.35. The van der Waals surface area contributed by atoms with Crippen molar-refractivity contribution in [3.8, 4) is 34.3 Å². The Kier molecular flexibility index (Phi) is 4.61. The summed E-state index contributed by atoms with van der Waals surface area (Å²) < 4.78 is 34.6. The number of aryl methyl sites for hydroxylation is 1. The zero-order valence-electron chi connectivity index (χ0n) is 17.9. The average molecular weight is 454 g/mol. The Hall–Kier alpha value is -4.53. The largest absolute Gasteiger partial charge is 0.414 e. The fraction of sp³-hybridized carbons (Fsp3) is 0.0800. The van der Waals surface area contributed by atoms with E-state index in [1.54, 1.807) is 6.07 Å². The molecule has 0 aliphatic rings. The van der Waals surface area contributed by atoms with Crippen LogP contribution in [0.5, 0.6) is 0 Å². The molecule has 0 aliphatic heterocycles. The van der Waals surface area contributed by atoms with Gasteiger partial charge in [0.1, 0.15) is 17.0 Å². The van der Waals surface area contributed by atoms with Gasteiger partial charge >= 0.3 is 0 Å². The summed E-state index contributed by atoms with van der Waals surface area (Å²) in [5.74, 6) is 0.332. The number of hydrogen-bond donors (Lipinski definition) is 0. The molecule has 0 aliphatic carbocycles. The van der Waals surface area contributed by atoms with Gasteiger partial charge in [0.25, 0.3) is 18.2 Å². The minimum absolute atomic E-state index is 0.119. The predicted molar refractivity (Wildman–Crippen MR) is 122 cm³/mol. The SMILES string of the molecule is Cc1ccc2nc(-c3nnc(-c4cnn5c(C(F)F)cc(-c6ccccc6)nc45)o3)ccc2c1. The van der Waals surface area contributed by atoms with Gasteiger partial charge in [-0.25, -0.2) is 23.3 Å². The van der Waals surface area contributed by atoms with E-state index in [9.17, 15) is 8.78 Å². The Bertz CT molecular complexity index is 1660. The molecule has 166 valence electrons. The van der Waals surface area contributed by atoms with E-state index in [1.807, 2.05) is 61.5 Å². The van der Waals surface area contributed by atoms with Gasteiger partial charge in [-0.3, -0.25) is 0 Å². The standard InChI is InChI=1S/C25H16F2N6O/c1-14-7-9-18-16(11-14)8-10-19(29-18)25-32-31-24(34-25)17-13-28-33-21(22(26)27)12-20(30-23(17)33)15-5-3-2-4-6-15/h2-13,22H,1H3. The topological polar surface area (TPSA) is 82.0 Å². The molecule has 4 heterocycles. The van der Waals surface area contributed by atoms with Crippen LogP contribution >= 0.6 is 0 Å². The molecule has 0 spiro atoms. The first-order valence-electron chi connectivity index (χ1n) is 10.5. The quantitative estimate of drug-likeness (QED) is 0.329. The van der Waals surface area contributed by atoms with E-state index in [0.717, 1.165) is 21.0 Å². The Labute approximate surface area is 191 Å². The molecule has 7 nitrogen and oxygen atoms in total. The Balaban J connectivity index is 1.46. The van der Waals surface area contributed by atoms with Gasteiger partial charge in [-0.05, 0) is 31.2 Å². The molecular weight excluding hydrogens is 438 g/mol. The van der Waals surface area contributed by atoms with Crippen LogP contribution in [0.3, 0.4) is 0 Å². The number of benzene rings is 2. The number of pyridine rings is 1. The van der Waals surface area contributed by atoms with Gasteiger partial charge in [-0.1, -0.05) is 48.0 Å². The van der Waals surface area contributed by atoms with Crippen molar-refractivity contribution >= 4 is 16.6 Å². The summed E-state index contributed by atoms with van der Waals surface area (Å²) in [5.41, 5.74) is 3.84. The fourth-order valence-corrected chi connectivity index (χ4v) is 3.85. The highest BCUT2D eigenvalue weighted by Crippen LogP contribution is 2.31. The molecule has 6 rings (SSSR count). The van der Waals surface area contributed by atoms with Crippen LogP contribution in [0.15, 0.2) is 77.3 Å². The third-order valence-corrected chi connectivity index (χ3v) is 5.51. The van der Waals surface area contributed by atoms with E-state index in [2.05, 4.69) is 25.3 Å². The third-order valence-electron chi connectivity index (χ3n) is 5.51. The van der Waals surface area contributed by atoms with E-state index in [4.69, 9.17) is 4.42 Å². The van der Waals surface area contributed by atoms with Crippen LogP contribution in [0.1, 0.15) is 17.7 Å². The van der Waals surface area contributed by atoms with Crippen molar-refractivity contribution < 1.29 is 13.2 Å². The van der Waals surface area contributed by atoms with Crippen LogP contribution in [-0.4, -0.2) is 29.8 Å². The van der Waals surface area contributed by atoms with Crippen molar-refractivity contribution in [1.82, 2.24) is 29.8 Å². The lowest BCUT2D eigenvalue weighted by Crippen LogP contribution is -2.02. The second-order valence-electron chi connectivity index (χ2n) is 7.83. The van der Waals surface area contributed by atoms with Gasteiger partial charge in [0.05, 0.1) is 17.4 Å². The summed E-state index contributed by atoms with van der Waals surface area (Å²) in [6.45, 7) is 2.02. The molecule has 34 heavy (non-hydrogen) atoms.